The summed E-state index contributed by atoms with van der Waals surface area (Å²) in [4.78, 5) is 27.4. The standard InChI is InChI=1S/C16H19F2N3O2/c17-16(18)8-10-20(11-16)15(23)19-13-7-4-9-21(14(13)22)12-5-2-1-3-6-12/h1-3,5-6,13H,4,7-11H2,(H,19,23). The zero-order valence-electron chi connectivity index (χ0n) is 12.7. The largest absolute Gasteiger partial charge is 0.326 e. The predicted octanol–water partition coefficient (Wildman–Crippen LogP) is 2.23. The van der Waals surface area contributed by atoms with Crippen molar-refractivity contribution in [1.29, 1.82) is 0 Å². The van der Waals surface area contributed by atoms with Gasteiger partial charge in [0, 0.05) is 25.2 Å². The molecule has 0 saturated carbocycles. The molecule has 2 heterocycles. The van der Waals surface area contributed by atoms with Crippen molar-refractivity contribution in [3.8, 4) is 0 Å². The summed E-state index contributed by atoms with van der Waals surface area (Å²) in [6.45, 7) is 0.0291. The third-order valence-electron chi connectivity index (χ3n) is 4.26. The first-order valence-electron chi connectivity index (χ1n) is 7.76. The second-order valence-electron chi connectivity index (χ2n) is 6.00. The van der Waals surface area contributed by atoms with Crippen LogP contribution in [-0.2, 0) is 4.79 Å². The van der Waals surface area contributed by atoms with Crippen molar-refractivity contribution in [2.24, 2.45) is 0 Å². The van der Waals surface area contributed by atoms with Gasteiger partial charge in [-0.05, 0) is 25.0 Å². The molecule has 1 aromatic rings. The number of nitrogens with one attached hydrogen (secondary N) is 1. The van der Waals surface area contributed by atoms with Gasteiger partial charge in [0.2, 0.25) is 5.91 Å². The zero-order chi connectivity index (χ0) is 16.4. The summed E-state index contributed by atoms with van der Waals surface area (Å²) in [6, 6.07) is 7.98. The molecule has 2 aliphatic rings. The molecule has 1 aromatic carbocycles. The number of benzene rings is 1. The number of hydrogen-bond acceptors (Lipinski definition) is 2. The van der Waals surface area contributed by atoms with Crippen molar-refractivity contribution in [2.45, 2.75) is 31.2 Å². The maximum absolute atomic E-state index is 13.2. The lowest BCUT2D eigenvalue weighted by Gasteiger charge is -2.33. The van der Waals surface area contributed by atoms with Gasteiger partial charge >= 0.3 is 6.03 Å². The number of para-hydroxylation sites is 1. The summed E-state index contributed by atoms with van der Waals surface area (Å²) in [5.41, 5.74) is 0.782. The number of halogens is 2. The molecule has 1 N–H and O–H groups in total. The molecule has 124 valence electrons. The second kappa shape index (κ2) is 6.14. The number of piperidine rings is 1. The molecule has 2 aliphatic heterocycles. The molecular formula is C16H19F2N3O2. The van der Waals surface area contributed by atoms with Gasteiger partial charge in [0.1, 0.15) is 6.04 Å². The number of anilines is 1. The SMILES string of the molecule is O=C(NC1CCCN(c2ccccc2)C1=O)N1CCC(F)(F)C1. The van der Waals surface area contributed by atoms with Crippen LogP contribution in [0.4, 0.5) is 19.3 Å². The number of hydrogen-bond donors (Lipinski definition) is 1. The molecule has 2 fully saturated rings. The van der Waals surface area contributed by atoms with Crippen LogP contribution in [0.3, 0.4) is 0 Å². The molecule has 0 bridgehead atoms. The molecular weight excluding hydrogens is 304 g/mol. The molecule has 0 aliphatic carbocycles. The number of amides is 3. The molecule has 1 unspecified atom stereocenters. The van der Waals surface area contributed by atoms with E-state index in [-0.39, 0.29) is 18.9 Å². The molecule has 5 nitrogen and oxygen atoms in total. The summed E-state index contributed by atoms with van der Waals surface area (Å²) in [7, 11) is 0. The van der Waals surface area contributed by atoms with Gasteiger partial charge < -0.3 is 15.1 Å². The van der Waals surface area contributed by atoms with Crippen LogP contribution in [0.1, 0.15) is 19.3 Å². The molecule has 1 atom stereocenters. The summed E-state index contributed by atoms with van der Waals surface area (Å²) < 4.78 is 26.4. The first-order valence-corrected chi connectivity index (χ1v) is 7.76. The third-order valence-corrected chi connectivity index (χ3v) is 4.26. The normalized spacial score (nSPS) is 23.9. The van der Waals surface area contributed by atoms with Crippen LogP contribution in [0.25, 0.3) is 0 Å². The van der Waals surface area contributed by atoms with E-state index < -0.39 is 24.5 Å². The highest BCUT2D eigenvalue weighted by atomic mass is 19.3. The Bertz CT molecular complexity index is 594. The topological polar surface area (TPSA) is 52.7 Å². The fourth-order valence-electron chi connectivity index (χ4n) is 3.02. The van der Waals surface area contributed by atoms with Gasteiger partial charge in [-0.3, -0.25) is 4.79 Å². The first-order chi connectivity index (χ1) is 11.0. The van der Waals surface area contributed by atoms with E-state index in [1.54, 1.807) is 4.90 Å². The lowest BCUT2D eigenvalue weighted by atomic mass is 10.0. The van der Waals surface area contributed by atoms with Crippen molar-refractivity contribution in [3.63, 3.8) is 0 Å². The summed E-state index contributed by atoms with van der Waals surface area (Å²) in [5, 5.41) is 2.61. The molecule has 0 radical (unpaired) electrons. The van der Waals surface area contributed by atoms with E-state index in [9.17, 15) is 18.4 Å². The number of carbonyl (C=O) groups is 2. The minimum absolute atomic E-state index is 0.0160. The van der Waals surface area contributed by atoms with Crippen LogP contribution in [0.2, 0.25) is 0 Å². The molecule has 3 rings (SSSR count). The quantitative estimate of drug-likeness (QED) is 0.907. The number of carbonyl (C=O) groups excluding carboxylic acids is 2. The van der Waals surface area contributed by atoms with Crippen LogP contribution in [0, 0.1) is 0 Å². The highest BCUT2D eigenvalue weighted by Crippen LogP contribution is 2.27. The highest BCUT2D eigenvalue weighted by Gasteiger charge is 2.41. The van der Waals surface area contributed by atoms with Gasteiger partial charge in [0.05, 0.1) is 6.54 Å². The highest BCUT2D eigenvalue weighted by molar-refractivity contribution is 5.99. The number of rotatable bonds is 2. The van der Waals surface area contributed by atoms with E-state index in [2.05, 4.69) is 5.32 Å². The van der Waals surface area contributed by atoms with Crippen molar-refractivity contribution in [1.82, 2.24) is 10.2 Å². The zero-order valence-corrected chi connectivity index (χ0v) is 12.7. The Morgan fingerprint density at radius 2 is 1.96 bits per heavy atom. The van der Waals surface area contributed by atoms with E-state index in [1.807, 2.05) is 30.3 Å². The predicted molar refractivity (Wildman–Crippen MR) is 81.5 cm³/mol. The van der Waals surface area contributed by atoms with Gasteiger partial charge in [0.25, 0.3) is 5.92 Å². The van der Waals surface area contributed by atoms with Crippen molar-refractivity contribution in [3.05, 3.63) is 30.3 Å². The fraction of sp³-hybridized carbons (Fsp3) is 0.500. The minimum atomic E-state index is -2.83. The fourth-order valence-corrected chi connectivity index (χ4v) is 3.02. The Labute approximate surface area is 133 Å². The number of urea groups is 1. The Morgan fingerprint density at radius 3 is 2.61 bits per heavy atom. The third kappa shape index (κ3) is 3.43. The first kappa shape index (κ1) is 15.7. The summed E-state index contributed by atoms with van der Waals surface area (Å²) >= 11 is 0. The molecule has 23 heavy (non-hydrogen) atoms. The Morgan fingerprint density at radius 1 is 1.22 bits per heavy atom. The van der Waals surface area contributed by atoms with Gasteiger partial charge in [0.15, 0.2) is 0 Å². The van der Waals surface area contributed by atoms with Gasteiger partial charge in [-0.2, -0.15) is 0 Å². The molecule has 0 aromatic heterocycles. The average molecular weight is 323 g/mol. The van der Waals surface area contributed by atoms with Gasteiger partial charge in [-0.15, -0.1) is 0 Å². The summed E-state index contributed by atoms with van der Waals surface area (Å²) in [5.74, 6) is -3.02. The molecule has 7 heteroatoms. The van der Waals surface area contributed by atoms with E-state index in [1.165, 1.54) is 0 Å². The van der Waals surface area contributed by atoms with E-state index in [4.69, 9.17) is 0 Å². The Hall–Kier alpha value is -2.18. The van der Waals surface area contributed by atoms with Crippen LogP contribution in [0.15, 0.2) is 30.3 Å². The molecule has 0 spiro atoms. The Balaban J connectivity index is 1.64. The van der Waals surface area contributed by atoms with E-state index in [0.717, 1.165) is 17.0 Å². The van der Waals surface area contributed by atoms with Crippen LogP contribution in [0.5, 0.6) is 0 Å². The monoisotopic (exact) mass is 323 g/mol. The minimum Gasteiger partial charge on any atom is -0.326 e. The maximum atomic E-state index is 13.2. The smallest absolute Gasteiger partial charge is 0.318 e. The lowest BCUT2D eigenvalue weighted by molar-refractivity contribution is -0.121. The van der Waals surface area contributed by atoms with Crippen LogP contribution >= 0.6 is 0 Å². The van der Waals surface area contributed by atoms with Crippen molar-refractivity contribution < 1.29 is 18.4 Å². The molecule has 2 saturated heterocycles. The van der Waals surface area contributed by atoms with Crippen LogP contribution < -0.4 is 10.2 Å². The van der Waals surface area contributed by atoms with Gasteiger partial charge in [-0.25, -0.2) is 13.6 Å². The second-order valence-corrected chi connectivity index (χ2v) is 6.00. The van der Waals surface area contributed by atoms with Crippen molar-refractivity contribution in [2.75, 3.05) is 24.5 Å². The number of alkyl halides is 2. The summed E-state index contributed by atoms with van der Waals surface area (Å²) in [6.07, 6.45) is 0.953. The van der Waals surface area contributed by atoms with Gasteiger partial charge in [-0.1, -0.05) is 18.2 Å². The number of likely N-dealkylation sites (tertiary alicyclic amines) is 1. The maximum Gasteiger partial charge on any atom is 0.318 e. The number of nitrogens with zero attached hydrogens (tertiary/aromatic N) is 2. The van der Waals surface area contributed by atoms with Crippen LogP contribution in [-0.4, -0.2) is 48.4 Å². The van der Waals surface area contributed by atoms with E-state index >= 15 is 0 Å². The van der Waals surface area contributed by atoms with E-state index in [0.29, 0.717) is 13.0 Å². The van der Waals surface area contributed by atoms with Crippen molar-refractivity contribution >= 4 is 17.6 Å². The lowest BCUT2D eigenvalue weighted by Crippen LogP contribution is -2.55. The Kier molecular flexibility index (Phi) is 4.19. The molecule has 3 amide bonds. The average Bonchev–Trinajstić information content (AvgIpc) is 2.90.